The fraction of sp³-hybridized carbons (Fsp3) is 0.824. The van der Waals surface area contributed by atoms with Gasteiger partial charge in [-0.05, 0) is 31.2 Å². The Hall–Kier alpha value is -0.370. The maximum Gasteiger partial charge on any atom is 0.0768 e. The molecule has 1 unspecified atom stereocenters. The molecule has 1 saturated carbocycles. The molecule has 1 aliphatic carbocycles. The zero-order chi connectivity index (χ0) is 15.6. The van der Waals surface area contributed by atoms with Crippen LogP contribution in [-0.4, -0.2) is 70.1 Å². The van der Waals surface area contributed by atoms with Crippen LogP contribution in [0.15, 0.2) is 6.07 Å². The minimum Gasteiger partial charge on any atom is -0.396 e. The van der Waals surface area contributed by atoms with Gasteiger partial charge >= 0.3 is 0 Å². The third-order valence-corrected chi connectivity index (χ3v) is 5.45. The highest BCUT2D eigenvalue weighted by molar-refractivity contribution is 5.85. The average molecular weight is 392 g/mol. The molecular weight excluding hydrogens is 361 g/mol. The Balaban J connectivity index is 0.00000113. The first kappa shape index (κ1) is 20.9. The predicted octanol–water partition coefficient (Wildman–Crippen LogP) is 1.11. The number of hydrogen-bond acceptors (Lipinski definition) is 5. The molecule has 2 fully saturated rings. The zero-order valence-electron chi connectivity index (χ0n) is 14.8. The molecule has 0 radical (unpaired) electrons. The summed E-state index contributed by atoms with van der Waals surface area (Å²) in [5, 5.41) is 17.6. The summed E-state index contributed by atoms with van der Waals surface area (Å²) < 4.78 is 2.15. The lowest BCUT2D eigenvalue weighted by Gasteiger charge is -2.41. The summed E-state index contributed by atoms with van der Waals surface area (Å²) in [6, 6.07) is 2.76. The first-order valence-electron chi connectivity index (χ1n) is 9.15. The fourth-order valence-corrected chi connectivity index (χ4v) is 3.95. The van der Waals surface area contributed by atoms with Gasteiger partial charge in [-0.15, -0.1) is 24.8 Å². The largest absolute Gasteiger partial charge is 0.396 e. The molecule has 0 amide bonds. The number of rotatable bonds is 6. The summed E-state index contributed by atoms with van der Waals surface area (Å²) in [5.74, 6) is 0.926. The van der Waals surface area contributed by atoms with Crippen LogP contribution in [0.1, 0.15) is 30.7 Å². The minimum atomic E-state index is 0. The molecule has 1 aromatic rings. The molecule has 6 nitrogen and oxygen atoms in total. The lowest BCUT2D eigenvalue weighted by Crippen LogP contribution is -2.53. The zero-order valence-corrected chi connectivity index (χ0v) is 16.4. The van der Waals surface area contributed by atoms with E-state index in [2.05, 4.69) is 25.9 Å². The van der Waals surface area contributed by atoms with Crippen molar-refractivity contribution in [2.75, 3.05) is 39.3 Å². The van der Waals surface area contributed by atoms with Gasteiger partial charge in [0.2, 0.25) is 0 Å². The Labute approximate surface area is 162 Å². The molecule has 25 heavy (non-hydrogen) atoms. The second kappa shape index (κ2) is 9.53. The molecule has 8 heteroatoms. The summed E-state index contributed by atoms with van der Waals surface area (Å²) in [4.78, 5) is 5.14. The Morgan fingerprint density at radius 1 is 1.20 bits per heavy atom. The van der Waals surface area contributed by atoms with E-state index in [1.807, 2.05) is 0 Å². The van der Waals surface area contributed by atoms with Crippen molar-refractivity contribution in [2.24, 2.45) is 5.92 Å². The van der Waals surface area contributed by atoms with Gasteiger partial charge in [-0.3, -0.25) is 14.5 Å². The van der Waals surface area contributed by atoms with E-state index in [-0.39, 0.29) is 24.8 Å². The SMILES string of the molecule is Cl.Cl.OCCC1CN(Cc2cc3n(n2)CCNC3)CCN1CC1CC1. The summed E-state index contributed by atoms with van der Waals surface area (Å²) in [6.07, 6.45) is 3.70. The van der Waals surface area contributed by atoms with Gasteiger partial charge in [0.05, 0.1) is 17.9 Å². The normalized spacial score (nSPS) is 24.3. The Morgan fingerprint density at radius 3 is 2.76 bits per heavy atom. The van der Waals surface area contributed by atoms with Crippen molar-refractivity contribution in [1.29, 1.82) is 0 Å². The van der Waals surface area contributed by atoms with Crippen molar-refractivity contribution in [2.45, 2.75) is 44.9 Å². The number of nitrogens with one attached hydrogen (secondary N) is 1. The van der Waals surface area contributed by atoms with Crippen molar-refractivity contribution < 1.29 is 5.11 Å². The fourth-order valence-electron chi connectivity index (χ4n) is 3.95. The lowest BCUT2D eigenvalue weighted by molar-refractivity contribution is 0.0515. The van der Waals surface area contributed by atoms with Crippen LogP contribution in [0.4, 0.5) is 0 Å². The second-order valence-electron chi connectivity index (χ2n) is 7.37. The molecule has 0 aromatic carbocycles. The van der Waals surface area contributed by atoms with Gasteiger partial charge in [0.15, 0.2) is 0 Å². The second-order valence-corrected chi connectivity index (χ2v) is 7.37. The lowest BCUT2D eigenvalue weighted by atomic mass is 10.1. The third-order valence-electron chi connectivity index (χ3n) is 5.45. The van der Waals surface area contributed by atoms with Crippen molar-refractivity contribution in [3.63, 3.8) is 0 Å². The first-order chi connectivity index (χ1) is 11.3. The summed E-state index contributed by atoms with van der Waals surface area (Å²) in [6.45, 7) is 8.74. The molecule has 4 rings (SSSR count). The predicted molar refractivity (Wildman–Crippen MR) is 103 cm³/mol. The monoisotopic (exact) mass is 391 g/mol. The maximum atomic E-state index is 9.40. The molecular formula is C17H31Cl2N5O. The van der Waals surface area contributed by atoms with E-state index in [9.17, 15) is 5.11 Å². The highest BCUT2D eigenvalue weighted by atomic mass is 35.5. The molecule has 2 N–H and O–H groups in total. The number of aromatic nitrogens is 2. The van der Waals surface area contributed by atoms with Crippen molar-refractivity contribution in [1.82, 2.24) is 24.9 Å². The van der Waals surface area contributed by atoms with Crippen LogP contribution in [-0.2, 0) is 19.6 Å². The Kier molecular flexibility index (Phi) is 7.98. The van der Waals surface area contributed by atoms with Crippen molar-refractivity contribution >= 4 is 24.8 Å². The molecule has 1 atom stereocenters. The number of halogens is 2. The Bertz CT molecular complexity index is 514. The number of fused-ring (bicyclic) bond motifs is 1. The molecule has 1 aromatic heterocycles. The molecule has 1 saturated heterocycles. The van der Waals surface area contributed by atoms with Gasteiger partial charge in [0, 0.05) is 58.5 Å². The Morgan fingerprint density at radius 2 is 2.04 bits per heavy atom. The topological polar surface area (TPSA) is 56.6 Å². The highest BCUT2D eigenvalue weighted by Gasteiger charge is 2.32. The smallest absolute Gasteiger partial charge is 0.0768 e. The van der Waals surface area contributed by atoms with Crippen LogP contribution in [0.25, 0.3) is 0 Å². The standard InChI is InChI=1S/C17H29N5O.2ClH/c23-8-3-16-13-20(6-7-21(16)11-14-1-2-14)12-15-9-17-10-18-4-5-22(17)19-15;;/h9,14,16,18,23H,1-8,10-13H2;2*1H. The summed E-state index contributed by atoms with van der Waals surface area (Å²) in [5.41, 5.74) is 2.51. The van der Waals surface area contributed by atoms with Gasteiger partial charge < -0.3 is 10.4 Å². The average Bonchev–Trinajstić information content (AvgIpc) is 3.27. The van der Waals surface area contributed by atoms with Crippen LogP contribution < -0.4 is 5.32 Å². The van der Waals surface area contributed by atoms with E-state index in [4.69, 9.17) is 5.10 Å². The van der Waals surface area contributed by atoms with Crippen LogP contribution in [0.3, 0.4) is 0 Å². The number of nitrogens with zero attached hydrogens (tertiary/aromatic N) is 4. The quantitative estimate of drug-likeness (QED) is 0.760. The van der Waals surface area contributed by atoms with Crippen LogP contribution in [0.5, 0.6) is 0 Å². The van der Waals surface area contributed by atoms with Gasteiger partial charge in [-0.2, -0.15) is 5.10 Å². The highest BCUT2D eigenvalue weighted by Crippen LogP contribution is 2.31. The van der Waals surface area contributed by atoms with E-state index >= 15 is 0 Å². The van der Waals surface area contributed by atoms with E-state index < -0.39 is 0 Å². The summed E-state index contributed by atoms with van der Waals surface area (Å²) >= 11 is 0. The molecule has 144 valence electrons. The van der Waals surface area contributed by atoms with E-state index in [1.165, 1.54) is 30.8 Å². The number of piperazine rings is 1. The number of hydrogen-bond donors (Lipinski definition) is 2. The van der Waals surface area contributed by atoms with Gasteiger partial charge in [-0.1, -0.05) is 0 Å². The molecule has 3 heterocycles. The first-order valence-corrected chi connectivity index (χ1v) is 9.15. The van der Waals surface area contributed by atoms with Crippen LogP contribution in [0, 0.1) is 5.92 Å². The molecule has 0 bridgehead atoms. The minimum absolute atomic E-state index is 0. The maximum absolute atomic E-state index is 9.40. The van der Waals surface area contributed by atoms with Crippen LogP contribution in [0.2, 0.25) is 0 Å². The van der Waals surface area contributed by atoms with Gasteiger partial charge in [-0.25, -0.2) is 0 Å². The van der Waals surface area contributed by atoms with E-state index in [0.717, 1.165) is 58.2 Å². The molecule has 3 aliphatic rings. The van der Waals surface area contributed by atoms with Crippen LogP contribution >= 0.6 is 24.8 Å². The van der Waals surface area contributed by atoms with Crippen molar-refractivity contribution in [3.8, 4) is 0 Å². The third kappa shape index (κ3) is 5.31. The molecule has 0 spiro atoms. The number of aliphatic hydroxyl groups excluding tert-OH is 1. The van der Waals surface area contributed by atoms with Crippen molar-refractivity contribution in [3.05, 3.63) is 17.5 Å². The van der Waals surface area contributed by atoms with E-state index in [1.54, 1.807) is 0 Å². The van der Waals surface area contributed by atoms with E-state index in [0.29, 0.717) is 12.6 Å². The summed E-state index contributed by atoms with van der Waals surface area (Å²) in [7, 11) is 0. The molecule has 2 aliphatic heterocycles. The number of aliphatic hydroxyl groups is 1. The van der Waals surface area contributed by atoms with Gasteiger partial charge in [0.25, 0.3) is 0 Å². The van der Waals surface area contributed by atoms with Gasteiger partial charge in [0.1, 0.15) is 0 Å².